The number of para-hydroxylation sites is 1. The van der Waals surface area contributed by atoms with Crippen LogP contribution in [-0.4, -0.2) is 47.6 Å². The van der Waals surface area contributed by atoms with E-state index in [0.29, 0.717) is 5.75 Å². The number of amides is 1. The smallest absolute Gasteiger partial charge is 0.262 e. The summed E-state index contributed by atoms with van der Waals surface area (Å²) in [7, 11) is 0. The van der Waals surface area contributed by atoms with Gasteiger partial charge in [-0.3, -0.25) is 9.69 Å². The maximum atomic E-state index is 12.5. The molecule has 2 aromatic rings. The monoisotopic (exact) mass is 426 g/mol. The maximum absolute atomic E-state index is 12.5. The Balaban J connectivity index is 1.33. The molecule has 5 nitrogen and oxygen atoms in total. The van der Waals surface area contributed by atoms with Crippen LogP contribution in [0.25, 0.3) is 0 Å². The second-order valence-electron chi connectivity index (χ2n) is 8.66. The molecule has 1 N–H and O–H groups in total. The summed E-state index contributed by atoms with van der Waals surface area (Å²) in [6.45, 7) is 9.35. The van der Waals surface area contributed by atoms with Gasteiger partial charge in [0.1, 0.15) is 5.60 Å². The molecule has 6 heteroatoms. The predicted octanol–water partition coefficient (Wildman–Crippen LogP) is 4.27. The van der Waals surface area contributed by atoms with Crippen molar-refractivity contribution in [1.82, 2.24) is 4.90 Å². The van der Waals surface area contributed by atoms with Crippen molar-refractivity contribution in [1.29, 1.82) is 0 Å². The number of fused-ring (bicyclic) bond motifs is 1. The Kier molecular flexibility index (Phi) is 6.25. The van der Waals surface area contributed by atoms with Crippen molar-refractivity contribution in [2.24, 2.45) is 0 Å². The fourth-order valence-corrected chi connectivity index (χ4v) is 4.99. The van der Waals surface area contributed by atoms with E-state index < -0.39 is 0 Å². The molecule has 1 amide bonds. The number of hydrogen-bond acceptors (Lipinski definition) is 5. The Labute approximate surface area is 183 Å². The van der Waals surface area contributed by atoms with Gasteiger partial charge in [0.05, 0.1) is 0 Å². The quantitative estimate of drug-likeness (QED) is 0.747. The molecule has 30 heavy (non-hydrogen) atoms. The third kappa shape index (κ3) is 5.10. The van der Waals surface area contributed by atoms with E-state index in [9.17, 15) is 4.79 Å². The minimum atomic E-state index is -0.240. The standard InChI is InChI=1S/C24H30N2O3S/c1-17-13-18(15-26-9-11-30-12-10-26)7-8-20(17)25-22(27)16-28-21-6-4-5-19-14-24(2,3)29-23(19)21/h4-8,13H,9-12,14-16H2,1-3H3,(H,25,27). The van der Waals surface area contributed by atoms with E-state index in [-0.39, 0.29) is 18.1 Å². The molecular weight excluding hydrogens is 396 g/mol. The van der Waals surface area contributed by atoms with Gasteiger partial charge in [-0.15, -0.1) is 0 Å². The van der Waals surface area contributed by atoms with Crippen molar-refractivity contribution in [3.8, 4) is 11.5 Å². The average Bonchev–Trinajstić information content (AvgIpc) is 3.03. The van der Waals surface area contributed by atoms with E-state index in [2.05, 4.69) is 36.2 Å². The van der Waals surface area contributed by atoms with E-state index >= 15 is 0 Å². The van der Waals surface area contributed by atoms with Gasteiger partial charge in [-0.25, -0.2) is 0 Å². The summed E-state index contributed by atoms with van der Waals surface area (Å²) in [6, 6.07) is 12.1. The van der Waals surface area contributed by atoms with Gasteiger partial charge < -0.3 is 14.8 Å². The summed E-state index contributed by atoms with van der Waals surface area (Å²) in [6.07, 6.45) is 0.841. The number of carbonyl (C=O) groups excluding carboxylic acids is 1. The topological polar surface area (TPSA) is 50.8 Å². The van der Waals surface area contributed by atoms with Crippen LogP contribution < -0.4 is 14.8 Å². The number of ether oxygens (including phenoxy) is 2. The normalized spacial score (nSPS) is 17.8. The Morgan fingerprint density at radius 2 is 2.03 bits per heavy atom. The van der Waals surface area contributed by atoms with Gasteiger partial charge in [0.25, 0.3) is 5.91 Å². The first-order chi connectivity index (χ1) is 14.4. The van der Waals surface area contributed by atoms with Crippen molar-refractivity contribution in [3.63, 3.8) is 0 Å². The molecule has 1 fully saturated rings. The van der Waals surface area contributed by atoms with Crippen LogP contribution in [0.2, 0.25) is 0 Å². The lowest BCUT2D eigenvalue weighted by molar-refractivity contribution is -0.118. The molecule has 0 atom stereocenters. The molecular formula is C24H30N2O3S. The second-order valence-corrected chi connectivity index (χ2v) is 9.88. The lowest BCUT2D eigenvalue weighted by atomic mass is 10.0. The van der Waals surface area contributed by atoms with E-state index in [4.69, 9.17) is 9.47 Å². The van der Waals surface area contributed by atoms with Crippen LogP contribution in [0.4, 0.5) is 5.69 Å². The number of benzene rings is 2. The van der Waals surface area contributed by atoms with Crippen molar-refractivity contribution in [2.75, 3.05) is 36.5 Å². The minimum Gasteiger partial charge on any atom is -0.483 e. The minimum absolute atomic E-state index is 0.0487. The van der Waals surface area contributed by atoms with Crippen molar-refractivity contribution in [3.05, 3.63) is 53.1 Å². The molecule has 1 saturated heterocycles. The third-order valence-electron chi connectivity index (χ3n) is 5.49. The van der Waals surface area contributed by atoms with Crippen LogP contribution in [0.1, 0.15) is 30.5 Å². The molecule has 0 spiro atoms. The van der Waals surface area contributed by atoms with E-state index in [1.165, 1.54) is 17.1 Å². The first kappa shape index (κ1) is 21.1. The summed E-state index contributed by atoms with van der Waals surface area (Å²) in [5.74, 6) is 3.63. The summed E-state index contributed by atoms with van der Waals surface area (Å²) < 4.78 is 11.8. The number of thioether (sulfide) groups is 1. The van der Waals surface area contributed by atoms with Crippen molar-refractivity contribution in [2.45, 2.75) is 39.3 Å². The highest BCUT2D eigenvalue weighted by molar-refractivity contribution is 7.99. The molecule has 160 valence electrons. The molecule has 0 aromatic heterocycles. The molecule has 0 aliphatic carbocycles. The van der Waals surface area contributed by atoms with E-state index in [1.54, 1.807) is 0 Å². The zero-order valence-corrected chi connectivity index (χ0v) is 18.8. The summed E-state index contributed by atoms with van der Waals surface area (Å²) in [5, 5.41) is 2.97. The lowest BCUT2D eigenvalue weighted by Gasteiger charge is -2.26. The Morgan fingerprint density at radius 1 is 1.23 bits per heavy atom. The first-order valence-corrected chi connectivity index (χ1v) is 11.7. The van der Waals surface area contributed by atoms with Gasteiger partial charge in [-0.05, 0) is 44.0 Å². The zero-order chi connectivity index (χ0) is 21.1. The van der Waals surface area contributed by atoms with Crippen LogP contribution in [0.5, 0.6) is 11.5 Å². The van der Waals surface area contributed by atoms with Crippen molar-refractivity contribution >= 4 is 23.4 Å². The summed E-state index contributed by atoms with van der Waals surface area (Å²) in [4.78, 5) is 15.0. The zero-order valence-electron chi connectivity index (χ0n) is 18.0. The predicted molar refractivity (Wildman–Crippen MR) is 123 cm³/mol. The van der Waals surface area contributed by atoms with Crippen LogP contribution >= 0.6 is 11.8 Å². The number of aryl methyl sites for hydroxylation is 1. The number of carbonyl (C=O) groups is 1. The fraction of sp³-hybridized carbons (Fsp3) is 0.458. The number of nitrogens with one attached hydrogen (secondary N) is 1. The Morgan fingerprint density at radius 3 is 2.80 bits per heavy atom. The summed E-state index contributed by atoms with van der Waals surface area (Å²) >= 11 is 2.02. The molecule has 2 heterocycles. The molecule has 0 bridgehead atoms. The number of nitrogens with zero attached hydrogens (tertiary/aromatic N) is 1. The molecule has 2 aliphatic rings. The van der Waals surface area contributed by atoms with Gasteiger partial charge in [0, 0.05) is 48.8 Å². The van der Waals surface area contributed by atoms with Gasteiger partial charge >= 0.3 is 0 Å². The van der Waals surface area contributed by atoms with Gasteiger partial charge in [-0.1, -0.05) is 24.3 Å². The maximum Gasteiger partial charge on any atom is 0.262 e. The number of rotatable bonds is 6. The summed E-state index contributed by atoms with van der Waals surface area (Å²) in [5.41, 5.74) is 4.07. The van der Waals surface area contributed by atoms with E-state index in [0.717, 1.165) is 48.6 Å². The molecule has 2 aromatic carbocycles. The molecule has 2 aliphatic heterocycles. The Hall–Kier alpha value is -2.18. The van der Waals surface area contributed by atoms with Crippen LogP contribution in [-0.2, 0) is 17.8 Å². The largest absolute Gasteiger partial charge is 0.483 e. The number of anilines is 1. The molecule has 0 saturated carbocycles. The van der Waals surface area contributed by atoms with Crippen LogP contribution in [0.15, 0.2) is 36.4 Å². The lowest BCUT2D eigenvalue weighted by Crippen LogP contribution is -2.32. The highest BCUT2D eigenvalue weighted by Gasteiger charge is 2.32. The molecule has 0 unspecified atom stereocenters. The van der Waals surface area contributed by atoms with Gasteiger partial charge in [0.15, 0.2) is 18.1 Å². The highest BCUT2D eigenvalue weighted by Crippen LogP contribution is 2.41. The number of hydrogen-bond donors (Lipinski definition) is 1. The van der Waals surface area contributed by atoms with Crippen LogP contribution in [0.3, 0.4) is 0 Å². The third-order valence-corrected chi connectivity index (χ3v) is 6.43. The van der Waals surface area contributed by atoms with Crippen LogP contribution in [0, 0.1) is 6.92 Å². The van der Waals surface area contributed by atoms with Gasteiger partial charge in [-0.2, -0.15) is 11.8 Å². The van der Waals surface area contributed by atoms with E-state index in [1.807, 2.05) is 43.0 Å². The molecule has 0 radical (unpaired) electrons. The first-order valence-electron chi connectivity index (χ1n) is 10.5. The molecule has 4 rings (SSSR count). The fourth-order valence-electron chi connectivity index (χ4n) is 4.01. The Bertz CT molecular complexity index is 923. The highest BCUT2D eigenvalue weighted by atomic mass is 32.2. The van der Waals surface area contributed by atoms with Crippen molar-refractivity contribution < 1.29 is 14.3 Å². The SMILES string of the molecule is Cc1cc(CN2CCSCC2)ccc1NC(=O)COc1cccc2c1OC(C)(C)C2. The van der Waals surface area contributed by atoms with Gasteiger partial charge in [0.2, 0.25) is 0 Å². The second kappa shape index (κ2) is 8.90. The average molecular weight is 427 g/mol.